The zero-order valence-corrected chi connectivity index (χ0v) is 13.6. The van der Waals surface area contributed by atoms with Crippen LogP contribution in [0.2, 0.25) is 0 Å². The van der Waals surface area contributed by atoms with E-state index in [1.54, 1.807) is 7.11 Å². The molecule has 1 rings (SSSR count). The average molecular weight is 281 g/mol. The van der Waals surface area contributed by atoms with E-state index in [4.69, 9.17) is 10.6 Å². The Balaban J connectivity index is 3.24. The molecule has 6 nitrogen and oxygen atoms in total. The molecule has 0 radical (unpaired) electrons. The van der Waals surface area contributed by atoms with Crippen LogP contribution in [0.3, 0.4) is 0 Å². The van der Waals surface area contributed by atoms with Crippen molar-refractivity contribution < 1.29 is 4.74 Å². The van der Waals surface area contributed by atoms with E-state index in [1.165, 1.54) is 0 Å². The number of aromatic nitrogens is 2. The van der Waals surface area contributed by atoms with Crippen molar-refractivity contribution in [3.63, 3.8) is 0 Å². The molecule has 0 fully saturated rings. The Hall–Kier alpha value is -1.40. The number of rotatable bonds is 5. The zero-order chi connectivity index (χ0) is 15.6. The largest absolute Gasteiger partial charge is 0.382 e. The van der Waals surface area contributed by atoms with Gasteiger partial charge in [-0.1, -0.05) is 20.8 Å². The molecule has 0 atom stereocenters. The maximum absolute atomic E-state index is 5.56. The average Bonchev–Trinajstić information content (AvgIpc) is 2.29. The molecule has 0 saturated carbocycles. The van der Waals surface area contributed by atoms with Crippen LogP contribution in [-0.2, 0) is 10.2 Å². The van der Waals surface area contributed by atoms with Gasteiger partial charge in [0.25, 0.3) is 0 Å². The van der Waals surface area contributed by atoms with Crippen molar-refractivity contribution in [1.29, 1.82) is 0 Å². The van der Waals surface area contributed by atoms with E-state index in [0.717, 1.165) is 17.2 Å². The number of hydrogen-bond acceptors (Lipinski definition) is 6. The lowest BCUT2D eigenvalue weighted by molar-refractivity contribution is 0.158. The Kier molecular flexibility index (Phi) is 4.94. The lowest BCUT2D eigenvalue weighted by atomic mass is 9.95. The normalized spacial score (nSPS) is 12.4. The maximum Gasteiger partial charge on any atom is 0.148 e. The number of anilines is 2. The molecule has 0 aromatic carbocycles. The molecule has 0 saturated heterocycles. The number of nitrogen functional groups attached to an aromatic ring is 1. The van der Waals surface area contributed by atoms with Crippen molar-refractivity contribution in [1.82, 2.24) is 9.97 Å². The van der Waals surface area contributed by atoms with E-state index in [2.05, 4.69) is 55.3 Å². The van der Waals surface area contributed by atoms with E-state index in [0.29, 0.717) is 12.4 Å². The van der Waals surface area contributed by atoms with Gasteiger partial charge in [0.15, 0.2) is 0 Å². The summed E-state index contributed by atoms with van der Waals surface area (Å²) in [6.07, 6.45) is 0. The topological polar surface area (TPSA) is 85.1 Å². The van der Waals surface area contributed by atoms with Crippen LogP contribution in [0.15, 0.2) is 0 Å². The molecule has 114 valence electrons. The number of nitrogens with one attached hydrogen (secondary N) is 2. The minimum absolute atomic E-state index is 0.152. The quantitative estimate of drug-likeness (QED) is 0.567. The van der Waals surface area contributed by atoms with Gasteiger partial charge in [-0.25, -0.2) is 15.8 Å². The first-order valence-corrected chi connectivity index (χ1v) is 6.73. The van der Waals surface area contributed by atoms with E-state index >= 15 is 0 Å². The number of hydrogen-bond donors (Lipinski definition) is 3. The van der Waals surface area contributed by atoms with Gasteiger partial charge < -0.3 is 15.5 Å². The van der Waals surface area contributed by atoms with E-state index < -0.39 is 0 Å². The summed E-state index contributed by atoms with van der Waals surface area (Å²) in [7, 11) is 1.68. The second-order valence-electron chi connectivity index (χ2n) is 6.71. The van der Waals surface area contributed by atoms with Gasteiger partial charge in [-0.2, -0.15) is 0 Å². The molecule has 0 aliphatic carbocycles. The van der Waals surface area contributed by atoms with Gasteiger partial charge in [0.1, 0.15) is 17.5 Å². The predicted octanol–water partition coefficient (Wildman–Crippen LogP) is 2.21. The van der Waals surface area contributed by atoms with Gasteiger partial charge >= 0.3 is 0 Å². The third-order valence-corrected chi connectivity index (χ3v) is 2.92. The Labute approximate surface area is 121 Å². The summed E-state index contributed by atoms with van der Waals surface area (Å²) < 4.78 is 5.23. The van der Waals surface area contributed by atoms with E-state index in [1.807, 2.05) is 6.92 Å². The fraction of sp³-hybridized carbons (Fsp3) is 0.714. The Bertz CT molecular complexity index is 465. The van der Waals surface area contributed by atoms with Crippen LogP contribution in [0.5, 0.6) is 0 Å². The standard InChI is InChI=1S/C14H27N5O/c1-9-10(18-14(5,6)8-20-7)16-12(13(2,3)4)17-11(9)19-15/h8,15H2,1-7H3,(H2,16,17,18,19). The van der Waals surface area contributed by atoms with Gasteiger partial charge in [0.05, 0.1) is 12.1 Å². The Morgan fingerprint density at radius 3 is 2.10 bits per heavy atom. The number of ether oxygens (including phenoxy) is 1. The molecule has 6 heteroatoms. The van der Waals surface area contributed by atoms with Crippen LogP contribution >= 0.6 is 0 Å². The van der Waals surface area contributed by atoms with Crippen LogP contribution in [0.1, 0.15) is 46.0 Å². The van der Waals surface area contributed by atoms with Crippen molar-refractivity contribution in [2.45, 2.75) is 52.5 Å². The Morgan fingerprint density at radius 2 is 1.65 bits per heavy atom. The molecule has 20 heavy (non-hydrogen) atoms. The smallest absolute Gasteiger partial charge is 0.148 e. The monoisotopic (exact) mass is 281 g/mol. The van der Waals surface area contributed by atoms with Crippen LogP contribution < -0.4 is 16.6 Å². The van der Waals surface area contributed by atoms with Crippen LogP contribution in [0.25, 0.3) is 0 Å². The number of nitrogens with two attached hydrogens (primary N) is 1. The molecule has 1 aromatic heterocycles. The van der Waals surface area contributed by atoms with Gasteiger partial charge in [0, 0.05) is 18.1 Å². The second-order valence-corrected chi connectivity index (χ2v) is 6.71. The molecule has 1 aromatic rings. The van der Waals surface area contributed by atoms with Gasteiger partial charge in [-0.15, -0.1) is 0 Å². The summed E-state index contributed by atoms with van der Waals surface area (Å²) >= 11 is 0. The van der Waals surface area contributed by atoms with E-state index in [-0.39, 0.29) is 11.0 Å². The summed E-state index contributed by atoms with van der Waals surface area (Å²) in [5.74, 6) is 7.72. The lowest BCUT2D eigenvalue weighted by Gasteiger charge is -2.28. The van der Waals surface area contributed by atoms with Gasteiger partial charge in [0.2, 0.25) is 0 Å². The Morgan fingerprint density at radius 1 is 1.10 bits per heavy atom. The van der Waals surface area contributed by atoms with Gasteiger partial charge in [-0.3, -0.25) is 0 Å². The fourth-order valence-electron chi connectivity index (χ4n) is 1.83. The number of hydrazine groups is 1. The highest BCUT2D eigenvalue weighted by molar-refractivity contribution is 5.58. The summed E-state index contributed by atoms with van der Waals surface area (Å²) in [4.78, 5) is 9.13. The summed E-state index contributed by atoms with van der Waals surface area (Å²) in [5, 5.41) is 3.40. The van der Waals surface area contributed by atoms with Crippen molar-refractivity contribution in [2.24, 2.45) is 5.84 Å². The second kappa shape index (κ2) is 5.93. The molecular weight excluding hydrogens is 254 g/mol. The first-order chi connectivity index (χ1) is 9.10. The zero-order valence-electron chi connectivity index (χ0n) is 13.6. The minimum atomic E-state index is -0.227. The van der Waals surface area contributed by atoms with Crippen molar-refractivity contribution in [2.75, 3.05) is 24.5 Å². The number of methoxy groups -OCH3 is 1. The first-order valence-electron chi connectivity index (χ1n) is 6.73. The number of nitrogens with zero attached hydrogens (tertiary/aromatic N) is 2. The first kappa shape index (κ1) is 16.7. The summed E-state index contributed by atoms with van der Waals surface area (Å²) in [6.45, 7) is 12.8. The predicted molar refractivity (Wildman–Crippen MR) is 82.9 cm³/mol. The summed E-state index contributed by atoms with van der Waals surface area (Å²) in [5.41, 5.74) is 3.16. The maximum atomic E-state index is 5.56. The van der Waals surface area contributed by atoms with Crippen LogP contribution in [0.4, 0.5) is 11.6 Å². The van der Waals surface area contributed by atoms with E-state index in [9.17, 15) is 0 Å². The van der Waals surface area contributed by atoms with Gasteiger partial charge in [-0.05, 0) is 20.8 Å². The third kappa shape index (κ3) is 4.05. The molecule has 1 heterocycles. The molecule has 0 aliphatic rings. The van der Waals surface area contributed by atoms with Crippen molar-refractivity contribution in [3.8, 4) is 0 Å². The molecule has 0 spiro atoms. The molecule has 0 unspecified atom stereocenters. The highest BCUT2D eigenvalue weighted by Crippen LogP contribution is 2.27. The SMILES string of the molecule is COCC(C)(C)Nc1nc(C(C)(C)C)nc(NN)c1C. The minimum Gasteiger partial charge on any atom is -0.382 e. The highest BCUT2D eigenvalue weighted by atomic mass is 16.5. The summed E-state index contributed by atoms with van der Waals surface area (Å²) in [6, 6.07) is 0. The van der Waals surface area contributed by atoms with Crippen LogP contribution in [0, 0.1) is 6.92 Å². The molecule has 0 bridgehead atoms. The fourth-order valence-corrected chi connectivity index (χ4v) is 1.83. The third-order valence-electron chi connectivity index (χ3n) is 2.92. The molecule has 4 N–H and O–H groups in total. The molecule has 0 aliphatic heterocycles. The lowest BCUT2D eigenvalue weighted by Crippen LogP contribution is -2.37. The van der Waals surface area contributed by atoms with Crippen molar-refractivity contribution >= 4 is 11.6 Å². The highest BCUT2D eigenvalue weighted by Gasteiger charge is 2.24. The van der Waals surface area contributed by atoms with Crippen molar-refractivity contribution in [3.05, 3.63) is 11.4 Å². The van der Waals surface area contributed by atoms with Crippen LogP contribution in [-0.4, -0.2) is 29.2 Å². The molecule has 0 amide bonds. The molecular formula is C14H27N5O.